The Morgan fingerprint density at radius 2 is 1.94 bits per heavy atom. The number of ether oxygens (including phenoxy) is 1. The van der Waals surface area contributed by atoms with Crippen molar-refractivity contribution < 1.29 is 19.4 Å². The van der Waals surface area contributed by atoms with Crippen LogP contribution in [0.15, 0.2) is 24.3 Å². The van der Waals surface area contributed by atoms with Gasteiger partial charge >= 0.3 is 5.97 Å². The number of carbonyl (C=O) groups is 2. The molecule has 1 atom stereocenters. The Balaban J connectivity index is 2.85. The van der Waals surface area contributed by atoms with Crippen molar-refractivity contribution in [3.8, 4) is 0 Å². The van der Waals surface area contributed by atoms with Crippen molar-refractivity contribution in [3.05, 3.63) is 35.4 Å². The third-order valence-electron chi connectivity index (χ3n) is 2.20. The zero-order chi connectivity index (χ0) is 12.8. The minimum absolute atomic E-state index is 0.00498. The fraction of sp³-hybridized carbons (Fsp3) is 0.333. The summed E-state index contributed by atoms with van der Waals surface area (Å²) in [4.78, 5) is 22.8. The Bertz CT molecular complexity index is 417. The van der Waals surface area contributed by atoms with E-state index in [1.807, 2.05) is 0 Å². The van der Waals surface area contributed by atoms with E-state index in [-0.39, 0.29) is 17.2 Å². The number of hydrogen-bond acceptors (Lipinski definition) is 3. The van der Waals surface area contributed by atoms with Crippen LogP contribution in [0.4, 0.5) is 0 Å². The number of nitrogens with one attached hydrogen (secondary N) is 1. The molecule has 5 heteroatoms. The maximum Gasteiger partial charge on any atom is 0.336 e. The Morgan fingerprint density at radius 1 is 1.35 bits per heavy atom. The van der Waals surface area contributed by atoms with Crippen LogP contribution >= 0.6 is 0 Å². The van der Waals surface area contributed by atoms with Gasteiger partial charge in [-0.3, -0.25) is 4.79 Å². The molecule has 92 valence electrons. The molecular formula is C12H15NO4. The Morgan fingerprint density at radius 3 is 2.47 bits per heavy atom. The van der Waals surface area contributed by atoms with Crippen LogP contribution in [0.3, 0.4) is 0 Å². The predicted molar refractivity (Wildman–Crippen MR) is 62.2 cm³/mol. The summed E-state index contributed by atoms with van der Waals surface area (Å²) in [5, 5.41) is 11.6. The normalized spacial score (nSPS) is 11.9. The number of benzene rings is 1. The van der Waals surface area contributed by atoms with Gasteiger partial charge in [0, 0.05) is 13.2 Å². The molecule has 1 amide bonds. The van der Waals surface area contributed by atoms with Gasteiger partial charge < -0.3 is 15.2 Å². The highest BCUT2D eigenvalue weighted by molar-refractivity contribution is 6.04. The van der Waals surface area contributed by atoms with Crippen molar-refractivity contribution in [2.45, 2.75) is 13.0 Å². The lowest BCUT2D eigenvalue weighted by atomic mass is 10.1. The van der Waals surface area contributed by atoms with E-state index in [2.05, 4.69) is 5.32 Å². The summed E-state index contributed by atoms with van der Waals surface area (Å²) in [7, 11) is 1.54. The topological polar surface area (TPSA) is 75.6 Å². The highest BCUT2D eigenvalue weighted by Gasteiger charge is 2.16. The SMILES string of the molecule is COCC(C)NC(=O)c1ccccc1C(=O)O. The second kappa shape index (κ2) is 6.00. The van der Waals surface area contributed by atoms with Crippen molar-refractivity contribution in [3.63, 3.8) is 0 Å². The molecule has 0 aliphatic carbocycles. The smallest absolute Gasteiger partial charge is 0.336 e. The lowest BCUT2D eigenvalue weighted by Gasteiger charge is -2.13. The second-order valence-corrected chi connectivity index (χ2v) is 3.68. The minimum atomic E-state index is -1.12. The van der Waals surface area contributed by atoms with Gasteiger partial charge in [0.05, 0.1) is 17.7 Å². The third kappa shape index (κ3) is 3.57. The first kappa shape index (κ1) is 13.2. The van der Waals surface area contributed by atoms with Gasteiger partial charge in [0.1, 0.15) is 0 Å². The van der Waals surface area contributed by atoms with Crippen molar-refractivity contribution in [1.82, 2.24) is 5.32 Å². The molecule has 0 heterocycles. The van der Waals surface area contributed by atoms with Crippen LogP contribution in [0, 0.1) is 0 Å². The fourth-order valence-electron chi connectivity index (χ4n) is 1.46. The molecule has 0 bridgehead atoms. The predicted octanol–water partition coefficient (Wildman–Crippen LogP) is 1.15. The standard InChI is InChI=1S/C12H15NO4/c1-8(7-17-2)13-11(14)9-5-3-4-6-10(9)12(15)16/h3-6,8H,7H2,1-2H3,(H,13,14)(H,15,16). The second-order valence-electron chi connectivity index (χ2n) is 3.68. The van der Waals surface area contributed by atoms with Crippen LogP contribution in [0.25, 0.3) is 0 Å². The first-order valence-electron chi connectivity index (χ1n) is 5.18. The molecule has 0 aromatic heterocycles. The minimum Gasteiger partial charge on any atom is -0.478 e. The van der Waals surface area contributed by atoms with Gasteiger partial charge in [-0.05, 0) is 19.1 Å². The number of carboxylic acids is 1. The molecule has 0 fully saturated rings. The summed E-state index contributed by atoms with van der Waals surface area (Å²) in [6, 6.07) is 5.92. The zero-order valence-electron chi connectivity index (χ0n) is 9.77. The van der Waals surface area contributed by atoms with Gasteiger partial charge in [0.2, 0.25) is 0 Å². The van der Waals surface area contributed by atoms with Crippen LogP contribution in [0.2, 0.25) is 0 Å². The third-order valence-corrected chi connectivity index (χ3v) is 2.20. The summed E-state index contributed by atoms with van der Waals surface area (Å²) in [5.74, 6) is -1.53. The average Bonchev–Trinajstić information content (AvgIpc) is 2.29. The molecule has 1 unspecified atom stereocenters. The largest absolute Gasteiger partial charge is 0.478 e. The Kier molecular flexibility index (Phi) is 4.66. The number of methoxy groups -OCH3 is 1. The average molecular weight is 237 g/mol. The van der Waals surface area contributed by atoms with E-state index < -0.39 is 11.9 Å². The summed E-state index contributed by atoms with van der Waals surface area (Å²) >= 11 is 0. The van der Waals surface area contributed by atoms with E-state index in [1.165, 1.54) is 19.2 Å². The molecule has 0 radical (unpaired) electrons. The summed E-state index contributed by atoms with van der Waals surface area (Å²) < 4.78 is 4.89. The van der Waals surface area contributed by atoms with Crippen LogP contribution in [0.1, 0.15) is 27.6 Å². The van der Waals surface area contributed by atoms with E-state index in [1.54, 1.807) is 19.1 Å². The molecule has 1 aromatic rings. The number of amides is 1. The van der Waals surface area contributed by atoms with E-state index in [9.17, 15) is 9.59 Å². The molecular weight excluding hydrogens is 222 g/mol. The maximum absolute atomic E-state index is 11.8. The number of carboxylic acid groups (broad SMARTS) is 1. The molecule has 0 aliphatic heterocycles. The molecule has 0 saturated heterocycles. The number of rotatable bonds is 5. The van der Waals surface area contributed by atoms with Gasteiger partial charge in [-0.2, -0.15) is 0 Å². The molecule has 1 rings (SSSR count). The quantitative estimate of drug-likeness (QED) is 0.805. The molecule has 17 heavy (non-hydrogen) atoms. The Labute approximate surface area is 99.4 Å². The van der Waals surface area contributed by atoms with Crippen LogP contribution in [0.5, 0.6) is 0 Å². The van der Waals surface area contributed by atoms with Gasteiger partial charge in [0.25, 0.3) is 5.91 Å². The summed E-state index contributed by atoms with van der Waals surface area (Å²) in [5.41, 5.74) is 0.151. The molecule has 0 spiro atoms. The molecule has 0 saturated carbocycles. The van der Waals surface area contributed by atoms with E-state index in [0.29, 0.717) is 6.61 Å². The lowest BCUT2D eigenvalue weighted by molar-refractivity contribution is 0.0689. The lowest BCUT2D eigenvalue weighted by Crippen LogP contribution is -2.36. The van der Waals surface area contributed by atoms with Crippen molar-refractivity contribution >= 4 is 11.9 Å². The van der Waals surface area contributed by atoms with Crippen molar-refractivity contribution in [1.29, 1.82) is 0 Å². The monoisotopic (exact) mass is 237 g/mol. The number of aromatic carboxylic acids is 1. The highest BCUT2D eigenvalue weighted by Crippen LogP contribution is 2.08. The van der Waals surface area contributed by atoms with Crippen LogP contribution in [-0.2, 0) is 4.74 Å². The van der Waals surface area contributed by atoms with Gasteiger partial charge in [-0.25, -0.2) is 4.79 Å². The first-order valence-corrected chi connectivity index (χ1v) is 5.18. The molecule has 2 N–H and O–H groups in total. The molecule has 0 aliphatic rings. The molecule has 1 aromatic carbocycles. The van der Waals surface area contributed by atoms with E-state index in [4.69, 9.17) is 9.84 Å². The van der Waals surface area contributed by atoms with E-state index >= 15 is 0 Å². The van der Waals surface area contributed by atoms with Crippen molar-refractivity contribution in [2.75, 3.05) is 13.7 Å². The van der Waals surface area contributed by atoms with Gasteiger partial charge in [0.15, 0.2) is 0 Å². The van der Waals surface area contributed by atoms with Crippen LogP contribution in [-0.4, -0.2) is 36.7 Å². The Hall–Kier alpha value is -1.88. The van der Waals surface area contributed by atoms with E-state index in [0.717, 1.165) is 0 Å². The van der Waals surface area contributed by atoms with Crippen molar-refractivity contribution in [2.24, 2.45) is 0 Å². The van der Waals surface area contributed by atoms with Gasteiger partial charge in [-0.1, -0.05) is 12.1 Å². The zero-order valence-corrected chi connectivity index (χ0v) is 9.77. The number of carbonyl (C=O) groups excluding carboxylic acids is 1. The number of hydrogen-bond donors (Lipinski definition) is 2. The summed E-state index contributed by atoms with van der Waals surface area (Å²) in [6.45, 7) is 2.16. The highest BCUT2D eigenvalue weighted by atomic mass is 16.5. The first-order chi connectivity index (χ1) is 8.06. The van der Waals surface area contributed by atoms with Gasteiger partial charge in [-0.15, -0.1) is 0 Å². The molecule has 5 nitrogen and oxygen atoms in total. The van der Waals surface area contributed by atoms with Crippen LogP contribution < -0.4 is 5.32 Å². The fourth-order valence-corrected chi connectivity index (χ4v) is 1.46. The summed E-state index contributed by atoms with van der Waals surface area (Å²) in [6.07, 6.45) is 0. The maximum atomic E-state index is 11.8.